The van der Waals surface area contributed by atoms with Crippen LogP contribution in [0.15, 0.2) is 6.33 Å². The molecule has 1 aromatic heterocycles. The summed E-state index contributed by atoms with van der Waals surface area (Å²) in [4.78, 5) is 10.5. The van der Waals surface area contributed by atoms with Gasteiger partial charge in [-0.05, 0) is 19.8 Å². The smallest absolute Gasteiger partial charge is 0.205 e. The Hall–Kier alpha value is -1.60. The van der Waals surface area contributed by atoms with E-state index in [1.165, 1.54) is 6.33 Å². The topological polar surface area (TPSA) is 85.5 Å². The molecule has 1 fully saturated rings. The third-order valence-electron chi connectivity index (χ3n) is 3.27. The Morgan fingerprint density at radius 3 is 2.74 bits per heavy atom. The zero-order valence-electron chi connectivity index (χ0n) is 11.4. The molecule has 3 N–H and O–H groups in total. The summed E-state index contributed by atoms with van der Waals surface area (Å²) in [7, 11) is 1.59. The number of methoxy groups -OCH3 is 1. The molecular formula is C12H21N5O2. The van der Waals surface area contributed by atoms with Crippen LogP contribution in [0, 0.1) is 0 Å². The van der Waals surface area contributed by atoms with E-state index in [4.69, 9.17) is 15.3 Å². The monoisotopic (exact) mass is 267 g/mol. The molecule has 0 atom stereocenters. The van der Waals surface area contributed by atoms with Crippen LogP contribution in [0.3, 0.4) is 0 Å². The molecule has 0 aliphatic carbocycles. The molecule has 0 unspecified atom stereocenters. The molecule has 0 amide bonds. The van der Waals surface area contributed by atoms with Crippen molar-refractivity contribution < 1.29 is 9.47 Å². The van der Waals surface area contributed by atoms with Gasteiger partial charge in [0, 0.05) is 19.7 Å². The predicted octanol–water partition coefficient (Wildman–Crippen LogP) is 0.776. The van der Waals surface area contributed by atoms with Gasteiger partial charge in [-0.3, -0.25) is 0 Å². The Labute approximate surface area is 113 Å². The normalized spacial score (nSPS) is 16.5. The van der Waals surface area contributed by atoms with Crippen molar-refractivity contribution in [2.75, 3.05) is 37.1 Å². The quantitative estimate of drug-likeness (QED) is 0.602. The van der Waals surface area contributed by atoms with Crippen molar-refractivity contribution in [3.8, 4) is 5.75 Å². The van der Waals surface area contributed by atoms with Gasteiger partial charge >= 0.3 is 0 Å². The van der Waals surface area contributed by atoms with E-state index in [0.29, 0.717) is 17.7 Å². The summed E-state index contributed by atoms with van der Waals surface area (Å²) in [6.07, 6.45) is 3.82. The van der Waals surface area contributed by atoms with Crippen LogP contribution in [0.2, 0.25) is 0 Å². The Bertz CT molecular complexity index is 407. The molecule has 0 bridgehead atoms. The molecule has 7 nitrogen and oxygen atoms in total. The van der Waals surface area contributed by atoms with Crippen molar-refractivity contribution in [3.63, 3.8) is 0 Å². The van der Waals surface area contributed by atoms with Crippen LogP contribution in [-0.2, 0) is 4.74 Å². The number of nitrogens with one attached hydrogen (secondary N) is 1. The minimum atomic E-state index is 0.348. The van der Waals surface area contributed by atoms with Gasteiger partial charge in [0.25, 0.3) is 0 Å². The summed E-state index contributed by atoms with van der Waals surface area (Å²) in [5.41, 5.74) is 2.53. The molecule has 0 saturated carbocycles. The largest absolute Gasteiger partial charge is 0.490 e. The van der Waals surface area contributed by atoms with Gasteiger partial charge in [0.1, 0.15) is 6.33 Å². The van der Waals surface area contributed by atoms with Gasteiger partial charge in [0.2, 0.25) is 5.75 Å². The number of nitrogens with zero attached hydrogens (tertiary/aromatic N) is 3. The highest BCUT2D eigenvalue weighted by Gasteiger charge is 2.24. The van der Waals surface area contributed by atoms with Gasteiger partial charge < -0.3 is 19.8 Å². The third-order valence-corrected chi connectivity index (χ3v) is 3.27. The van der Waals surface area contributed by atoms with E-state index in [2.05, 4.69) is 20.3 Å². The first kappa shape index (κ1) is 13.8. The number of hydrogen-bond acceptors (Lipinski definition) is 7. The highest BCUT2D eigenvalue weighted by atomic mass is 16.5. The summed E-state index contributed by atoms with van der Waals surface area (Å²) < 4.78 is 11.0. The van der Waals surface area contributed by atoms with Crippen molar-refractivity contribution >= 4 is 11.6 Å². The van der Waals surface area contributed by atoms with Gasteiger partial charge in [0.05, 0.1) is 13.2 Å². The van der Waals surface area contributed by atoms with Gasteiger partial charge in [-0.25, -0.2) is 15.8 Å². The first-order chi connectivity index (χ1) is 9.30. The van der Waals surface area contributed by atoms with E-state index >= 15 is 0 Å². The number of nitrogen functional groups attached to an aromatic ring is 1. The average molecular weight is 267 g/mol. The summed E-state index contributed by atoms with van der Waals surface area (Å²) in [6, 6.07) is 0. The van der Waals surface area contributed by atoms with Crippen LogP contribution >= 0.6 is 0 Å². The second-order valence-electron chi connectivity index (χ2n) is 4.37. The number of hydrogen-bond donors (Lipinski definition) is 2. The molecule has 1 saturated heterocycles. The molecule has 2 heterocycles. The van der Waals surface area contributed by atoms with Crippen LogP contribution < -0.4 is 20.9 Å². The van der Waals surface area contributed by atoms with Crippen LogP contribution in [-0.4, -0.2) is 42.9 Å². The Balaban J connectivity index is 2.11. The van der Waals surface area contributed by atoms with Crippen LogP contribution in [0.4, 0.5) is 11.6 Å². The fourth-order valence-corrected chi connectivity index (χ4v) is 2.35. The number of piperidine rings is 1. The molecule has 7 heteroatoms. The summed E-state index contributed by atoms with van der Waals surface area (Å²) >= 11 is 0. The molecule has 1 aliphatic rings. The maximum Gasteiger partial charge on any atom is 0.205 e. The van der Waals surface area contributed by atoms with E-state index in [1.807, 2.05) is 6.92 Å². The van der Waals surface area contributed by atoms with E-state index in [-0.39, 0.29) is 0 Å². The minimum Gasteiger partial charge on any atom is -0.490 e. The lowest BCUT2D eigenvalue weighted by Gasteiger charge is -2.33. The summed E-state index contributed by atoms with van der Waals surface area (Å²) in [5.74, 6) is 7.29. The van der Waals surface area contributed by atoms with Gasteiger partial charge in [-0.1, -0.05) is 0 Å². The van der Waals surface area contributed by atoms with Gasteiger partial charge in [-0.15, -0.1) is 0 Å². The van der Waals surface area contributed by atoms with E-state index < -0.39 is 0 Å². The minimum absolute atomic E-state index is 0.348. The van der Waals surface area contributed by atoms with Crippen molar-refractivity contribution in [2.45, 2.75) is 25.9 Å². The second-order valence-corrected chi connectivity index (χ2v) is 4.37. The molecule has 1 aliphatic heterocycles. The number of hydrazine groups is 1. The first-order valence-electron chi connectivity index (χ1n) is 6.52. The van der Waals surface area contributed by atoms with Crippen molar-refractivity contribution in [2.24, 2.45) is 5.84 Å². The van der Waals surface area contributed by atoms with Crippen molar-refractivity contribution in [1.29, 1.82) is 0 Å². The molecule has 0 aromatic carbocycles. The standard InChI is InChI=1S/C12H21N5O2/c1-3-19-9-4-6-17(7-5-9)12-10(18-2)11(16-13)14-8-15-12/h8-9H,3-7,13H2,1-2H3,(H,14,15,16). The third kappa shape index (κ3) is 3.05. The fraction of sp³-hybridized carbons (Fsp3) is 0.667. The highest BCUT2D eigenvalue weighted by Crippen LogP contribution is 2.33. The van der Waals surface area contributed by atoms with E-state index in [1.54, 1.807) is 7.11 Å². The zero-order chi connectivity index (χ0) is 13.7. The summed E-state index contributed by atoms with van der Waals surface area (Å²) in [5, 5.41) is 0. The van der Waals surface area contributed by atoms with Crippen LogP contribution in [0.1, 0.15) is 19.8 Å². The second kappa shape index (κ2) is 6.53. The Kier molecular flexibility index (Phi) is 4.75. The first-order valence-corrected chi connectivity index (χ1v) is 6.52. The molecule has 1 aromatic rings. The highest BCUT2D eigenvalue weighted by molar-refractivity contribution is 5.64. The molecule has 19 heavy (non-hydrogen) atoms. The van der Waals surface area contributed by atoms with E-state index in [0.717, 1.165) is 38.4 Å². The molecule has 106 valence electrons. The van der Waals surface area contributed by atoms with Crippen molar-refractivity contribution in [3.05, 3.63) is 6.33 Å². The average Bonchev–Trinajstić information content (AvgIpc) is 2.47. The maximum absolute atomic E-state index is 5.65. The lowest BCUT2D eigenvalue weighted by molar-refractivity contribution is 0.0458. The van der Waals surface area contributed by atoms with Gasteiger partial charge in [0.15, 0.2) is 11.6 Å². The number of aromatic nitrogens is 2. The number of rotatable bonds is 5. The lowest BCUT2D eigenvalue weighted by atomic mass is 10.1. The molecule has 2 rings (SSSR count). The van der Waals surface area contributed by atoms with Crippen LogP contribution in [0.25, 0.3) is 0 Å². The zero-order valence-corrected chi connectivity index (χ0v) is 11.4. The Morgan fingerprint density at radius 2 is 2.16 bits per heavy atom. The molecule has 0 radical (unpaired) electrons. The van der Waals surface area contributed by atoms with E-state index in [9.17, 15) is 0 Å². The number of ether oxygens (including phenoxy) is 2. The number of nitrogens with two attached hydrogens (primary N) is 1. The van der Waals surface area contributed by atoms with Crippen molar-refractivity contribution in [1.82, 2.24) is 9.97 Å². The number of anilines is 2. The summed E-state index contributed by atoms with van der Waals surface area (Å²) in [6.45, 7) is 4.58. The maximum atomic E-state index is 5.65. The SMILES string of the molecule is CCOC1CCN(c2ncnc(NN)c2OC)CC1. The fourth-order valence-electron chi connectivity index (χ4n) is 2.35. The molecular weight excluding hydrogens is 246 g/mol. The predicted molar refractivity (Wildman–Crippen MR) is 73.3 cm³/mol. The Morgan fingerprint density at radius 1 is 1.42 bits per heavy atom. The van der Waals surface area contributed by atoms with Crippen LogP contribution in [0.5, 0.6) is 5.75 Å². The lowest BCUT2D eigenvalue weighted by Crippen LogP contribution is -2.37. The molecule has 0 spiro atoms. The van der Waals surface area contributed by atoms with Gasteiger partial charge in [-0.2, -0.15) is 0 Å².